The highest BCUT2D eigenvalue weighted by atomic mass is 19.4. The molecule has 1 aromatic rings. The number of hydrogen-bond acceptors (Lipinski definition) is 3. The Hall–Kier alpha value is -2.45. The van der Waals surface area contributed by atoms with Crippen molar-refractivity contribution in [1.29, 1.82) is 0 Å². The van der Waals surface area contributed by atoms with E-state index < -0.39 is 6.36 Å². The van der Waals surface area contributed by atoms with Gasteiger partial charge in [-0.15, -0.1) is 13.2 Å². The van der Waals surface area contributed by atoms with Gasteiger partial charge >= 0.3 is 6.36 Å². The smallest absolute Gasteiger partial charge is 0.405 e. The number of nitrogens with zero attached hydrogens (tertiary/aromatic N) is 2. The summed E-state index contributed by atoms with van der Waals surface area (Å²) in [7, 11) is 0. The van der Waals surface area contributed by atoms with E-state index in [-0.39, 0.29) is 24.7 Å². The van der Waals surface area contributed by atoms with Crippen LogP contribution in [0.1, 0.15) is 25.3 Å². The third kappa shape index (κ3) is 6.45. The van der Waals surface area contributed by atoms with Crippen molar-refractivity contribution in [2.45, 2.75) is 32.7 Å². The molecule has 0 aromatic heterocycles. The Balaban J connectivity index is 1.99. The third-order valence-electron chi connectivity index (χ3n) is 3.82. The molecule has 0 aliphatic carbocycles. The normalized spacial score (nSPS) is 15.1. The van der Waals surface area contributed by atoms with Gasteiger partial charge in [-0.2, -0.15) is 0 Å². The molecule has 0 spiro atoms. The van der Waals surface area contributed by atoms with Gasteiger partial charge in [0.25, 0.3) is 0 Å². The fourth-order valence-corrected chi connectivity index (χ4v) is 2.60. The average molecular weight is 372 g/mol. The number of guanidine groups is 1. The molecular weight excluding hydrogens is 349 g/mol. The second kappa shape index (κ2) is 9.30. The summed E-state index contributed by atoms with van der Waals surface area (Å²) in [6.45, 7) is 4.02. The van der Waals surface area contributed by atoms with E-state index in [0.717, 1.165) is 25.9 Å². The first kappa shape index (κ1) is 19.9. The summed E-state index contributed by atoms with van der Waals surface area (Å²) in [5.74, 6) is 0.0588. The van der Waals surface area contributed by atoms with Crippen LogP contribution in [0.25, 0.3) is 0 Å². The Morgan fingerprint density at radius 2 is 1.92 bits per heavy atom. The first-order valence-corrected chi connectivity index (χ1v) is 8.52. The van der Waals surface area contributed by atoms with Gasteiger partial charge in [0.2, 0.25) is 5.91 Å². The van der Waals surface area contributed by atoms with Crippen LogP contribution in [-0.4, -0.2) is 49.3 Å². The van der Waals surface area contributed by atoms with Crippen LogP contribution in [0.2, 0.25) is 0 Å². The molecule has 0 unspecified atom stereocenters. The van der Waals surface area contributed by atoms with Crippen LogP contribution in [-0.2, 0) is 11.3 Å². The predicted molar refractivity (Wildman–Crippen MR) is 91.8 cm³/mol. The number of para-hydroxylation sites is 1. The number of alkyl halides is 3. The lowest BCUT2D eigenvalue weighted by Gasteiger charge is -2.17. The number of amides is 1. The first-order chi connectivity index (χ1) is 12.4. The van der Waals surface area contributed by atoms with E-state index >= 15 is 0 Å². The Kier molecular flexibility index (Phi) is 7.11. The van der Waals surface area contributed by atoms with Crippen LogP contribution < -0.4 is 15.4 Å². The van der Waals surface area contributed by atoms with Crippen LogP contribution in [0.5, 0.6) is 5.75 Å². The summed E-state index contributed by atoms with van der Waals surface area (Å²) in [4.78, 5) is 18.1. The van der Waals surface area contributed by atoms with E-state index in [0.29, 0.717) is 18.1 Å². The van der Waals surface area contributed by atoms with Crippen molar-refractivity contribution in [1.82, 2.24) is 15.5 Å². The number of rotatable bonds is 6. The van der Waals surface area contributed by atoms with Crippen LogP contribution in [0, 0.1) is 0 Å². The van der Waals surface area contributed by atoms with Crippen LogP contribution in [0.3, 0.4) is 0 Å². The summed E-state index contributed by atoms with van der Waals surface area (Å²) < 4.78 is 41.4. The minimum atomic E-state index is -4.76. The highest BCUT2D eigenvalue weighted by Gasteiger charge is 2.31. The number of aliphatic imine (C=N–C) groups is 1. The molecule has 1 saturated heterocycles. The molecule has 1 fully saturated rings. The molecule has 26 heavy (non-hydrogen) atoms. The van der Waals surface area contributed by atoms with Gasteiger partial charge in [-0.05, 0) is 25.8 Å². The van der Waals surface area contributed by atoms with Crippen molar-refractivity contribution in [2.24, 2.45) is 4.99 Å². The molecule has 0 atom stereocenters. The van der Waals surface area contributed by atoms with Crippen molar-refractivity contribution in [2.75, 3.05) is 26.2 Å². The van der Waals surface area contributed by atoms with Gasteiger partial charge in [0, 0.05) is 25.2 Å². The predicted octanol–water partition coefficient (Wildman–Crippen LogP) is 2.26. The van der Waals surface area contributed by atoms with Crippen molar-refractivity contribution in [3.05, 3.63) is 29.8 Å². The molecule has 1 aliphatic heterocycles. The maximum atomic E-state index is 12.5. The lowest BCUT2D eigenvalue weighted by molar-refractivity contribution is -0.274. The van der Waals surface area contributed by atoms with E-state index in [1.807, 2.05) is 6.92 Å². The summed E-state index contributed by atoms with van der Waals surface area (Å²) in [5, 5.41) is 5.89. The van der Waals surface area contributed by atoms with Gasteiger partial charge in [0.05, 0.1) is 13.1 Å². The number of halogens is 3. The maximum Gasteiger partial charge on any atom is 0.573 e. The van der Waals surface area contributed by atoms with Gasteiger partial charge in [-0.3, -0.25) is 4.79 Å². The summed E-state index contributed by atoms with van der Waals surface area (Å²) >= 11 is 0. The van der Waals surface area contributed by atoms with E-state index in [1.165, 1.54) is 18.2 Å². The number of carbonyl (C=O) groups is 1. The molecule has 6 nitrogen and oxygen atoms in total. The Labute approximate surface area is 150 Å². The van der Waals surface area contributed by atoms with E-state index in [9.17, 15) is 18.0 Å². The lowest BCUT2D eigenvalue weighted by atomic mass is 10.2. The van der Waals surface area contributed by atoms with Crippen LogP contribution in [0.4, 0.5) is 13.2 Å². The molecule has 2 rings (SSSR count). The van der Waals surface area contributed by atoms with Crippen molar-refractivity contribution >= 4 is 11.9 Å². The Bertz CT molecular complexity index is 629. The Morgan fingerprint density at radius 3 is 2.58 bits per heavy atom. The number of carbonyl (C=O) groups excluding carboxylic acids is 1. The van der Waals surface area contributed by atoms with Crippen molar-refractivity contribution in [3.8, 4) is 5.75 Å². The number of likely N-dealkylation sites (tertiary alicyclic amines) is 1. The second-order valence-corrected chi connectivity index (χ2v) is 5.79. The number of ether oxygens (including phenoxy) is 1. The largest absolute Gasteiger partial charge is 0.573 e. The van der Waals surface area contributed by atoms with Crippen molar-refractivity contribution < 1.29 is 22.7 Å². The number of hydrogen-bond donors (Lipinski definition) is 2. The molecular formula is C17H23F3N4O2. The SMILES string of the molecule is CCNC(=NCc1ccccc1OC(F)(F)F)NCC(=O)N1CCCC1. The zero-order chi connectivity index (χ0) is 19.0. The maximum absolute atomic E-state index is 12.5. The van der Waals surface area contributed by atoms with E-state index in [4.69, 9.17) is 0 Å². The number of nitrogens with one attached hydrogen (secondary N) is 2. The average Bonchev–Trinajstić information content (AvgIpc) is 3.11. The quantitative estimate of drug-likeness (QED) is 0.594. The third-order valence-corrected chi connectivity index (χ3v) is 3.82. The van der Waals surface area contributed by atoms with Gasteiger partial charge in [-0.25, -0.2) is 4.99 Å². The highest BCUT2D eigenvalue weighted by molar-refractivity contribution is 5.86. The molecule has 9 heteroatoms. The molecule has 1 amide bonds. The van der Waals surface area contributed by atoms with Crippen LogP contribution in [0.15, 0.2) is 29.3 Å². The number of benzene rings is 1. The molecule has 1 aliphatic rings. The molecule has 1 aromatic carbocycles. The molecule has 144 valence electrons. The van der Waals surface area contributed by atoms with Crippen LogP contribution >= 0.6 is 0 Å². The first-order valence-electron chi connectivity index (χ1n) is 8.52. The minimum absolute atomic E-state index is 0.0144. The minimum Gasteiger partial charge on any atom is -0.405 e. The summed E-state index contributed by atoms with van der Waals surface area (Å²) in [6.07, 6.45) is -2.74. The summed E-state index contributed by atoms with van der Waals surface area (Å²) in [6, 6.07) is 5.84. The Morgan fingerprint density at radius 1 is 1.23 bits per heavy atom. The monoisotopic (exact) mass is 372 g/mol. The second-order valence-electron chi connectivity index (χ2n) is 5.79. The molecule has 0 saturated carbocycles. The molecule has 0 radical (unpaired) electrons. The highest BCUT2D eigenvalue weighted by Crippen LogP contribution is 2.26. The van der Waals surface area contributed by atoms with Crippen molar-refractivity contribution in [3.63, 3.8) is 0 Å². The van der Waals surface area contributed by atoms with Gasteiger partial charge < -0.3 is 20.3 Å². The standard InChI is InChI=1S/C17H23F3N4O2/c1-2-21-16(23-12-15(25)24-9-5-6-10-24)22-11-13-7-3-4-8-14(13)26-17(18,19)20/h3-4,7-8H,2,5-6,9-12H2,1H3,(H2,21,22,23). The van der Waals surface area contributed by atoms with Gasteiger partial charge in [0.1, 0.15) is 5.75 Å². The fourth-order valence-electron chi connectivity index (χ4n) is 2.60. The van der Waals surface area contributed by atoms with E-state index in [2.05, 4.69) is 20.4 Å². The van der Waals surface area contributed by atoms with E-state index in [1.54, 1.807) is 11.0 Å². The van der Waals surface area contributed by atoms with Gasteiger partial charge in [-0.1, -0.05) is 18.2 Å². The molecule has 0 bridgehead atoms. The van der Waals surface area contributed by atoms with Gasteiger partial charge in [0.15, 0.2) is 5.96 Å². The molecule has 2 N–H and O–H groups in total. The fraction of sp³-hybridized carbons (Fsp3) is 0.529. The topological polar surface area (TPSA) is 66.0 Å². The summed E-state index contributed by atoms with van der Waals surface area (Å²) in [5.41, 5.74) is 0.299. The zero-order valence-electron chi connectivity index (χ0n) is 14.6. The lowest BCUT2D eigenvalue weighted by Crippen LogP contribution is -2.44. The zero-order valence-corrected chi connectivity index (χ0v) is 14.6. The molecule has 1 heterocycles.